The molecule has 19 heavy (non-hydrogen) atoms. The van der Waals surface area contributed by atoms with E-state index in [2.05, 4.69) is 5.32 Å². The summed E-state index contributed by atoms with van der Waals surface area (Å²) in [6, 6.07) is 7.66. The summed E-state index contributed by atoms with van der Waals surface area (Å²) in [5.74, 6) is 2.02. The lowest BCUT2D eigenvalue weighted by atomic mass is 10.1. The summed E-state index contributed by atoms with van der Waals surface area (Å²) in [6.45, 7) is 4.42. The number of rotatable bonds is 7. The van der Waals surface area contributed by atoms with Gasteiger partial charge in [-0.25, -0.2) is 0 Å². The van der Waals surface area contributed by atoms with Crippen molar-refractivity contribution in [2.24, 2.45) is 5.73 Å². The van der Waals surface area contributed by atoms with Crippen LogP contribution in [0.15, 0.2) is 24.3 Å². The number of hydrogen-bond donors (Lipinski definition) is 2. The molecule has 0 bridgehead atoms. The predicted octanol–water partition coefficient (Wildman–Crippen LogP) is 1.78. The Balaban J connectivity index is 2.29. The first-order valence-corrected chi connectivity index (χ1v) is 7.32. The minimum Gasteiger partial charge on any atom is -0.497 e. The van der Waals surface area contributed by atoms with Gasteiger partial charge in [0.15, 0.2) is 0 Å². The Hall–Kier alpha value is -1.20. The number of ether oxygens (including phenoxy) is 1. The van der Waals surface area contributed by atoms with Crippen molar-refractivity contribution in [3.63, 3.8) is 0 Å². The average Bonchev–Trinajstić information content (AvgIpc) is 2.35. The van der Waals surface area contributed by atoms with Gasteiger partial charge < -0.3 is 15.8 Å². The molecule has 1 rings (SSSR count). The summed E-state index contributed by atoms with van der Waals surface area (Å²) in [7, 11) is 1.63. The smallest absolute Gasteiger partial charge is 0.230 e. The van der Waals surface area contributed by atoms with Gasteiger partial charge in [-0.05, 0) is 31.5 Å². The summed E-state index contributed by atoms with van der Waals surface area (Å²) in [5, 5.41) is 2.88. The van der Waals surface area contributed by atoms with Gasteiger partial charge >= 0.3 is 0 Å². The van der Waals surface area contributed by atoms with Crippen molar-refractivity contribution in [3.05, 3.63) is 29.8 Å². The summed E-state index contributed by atoms with van der Waals surface area (Å²) in [6.07, 6.45) is 0. The summed E-state index contributed by atoms with van der Waals surface area (Å²) >= 11 is 1.55. The van der Waals surface area contributed by atoms with Crippen LogP contribution in [-0.4, -0.2) is 30.1 Å². The van der Waals surface area contributed by atoms with E-state index in [1.807, 2.05) is 38.1 Å². The van der Waals surface area contributed by atoms with E-state index < -0.39 is 0 Å². The van der Waals surface area contributed by atoms with E-state index in [0.29, 0.717) is 12.3 Å². The lowest BCUT2D eigenvalue weighted by molar-refractivity contribution is -0.118. The fourth-order valence-electron chi connectivity index (χ4n) is 1.44. The van der Waals surface area contributed by atoms with Gasteiger partial charge in [0.2, 0.25) is 5.91 Å². The normalized spacial score (nSPS) is 11.2. The molecule has 0 radical (unpaired) electrons. The molecule has 0 aliphatic rings. The molecule has 0 aliphatic carbocycles. The molecule has 0 heterocycles. The fourth-order valence-corrected chi connectivity index (χ4v) is 2.36. The van der Waals surface area contributed by atoms with Gasteiger partial charge in [0.25, 0.3) is 0 Å². The molecule has 0 fully saturated rings. The third-order valence-electron chi connectivity index (χ3n) is 2.33. The van der Waals surface area contributed by atoms with E-state index in [1.165, 1.54) is 0 Å². The van der Waals surface area contributed by atoms with Crippen molar-refractivity contribution >= 4 is 17.7 Å². The van der Waals surface area contributed by atoms with Gasteiger partial charge in [-0.3, -0.25) is 4.79 Å². The molecule has 5 heteroatoms. The average molecular weight is 282 g/mol. The number of hydrogen-bond acceptors (Lipinski definition) is 4. The molecular weight excluding hydrogens is 260 g/mol. The number of nitrogens with one attached hydrogen (secondary N) is 1. The molecule has 0 aromatic heterocycles. The molecule has 4 nitrogen and oxygen atoms in total. The lowest BCUT2D eigenvalue weighted by Gasteiger charge is -2.17. The molecule has 1 amide bonds. The number of nitrogens with two attached hydrogens (primary N) is 1. The van der Waals surface area contributed by atoms with Crippen molar-refractivity contribution < 1.29 is 9.53 Å². The summed E-state index contributed by atoms with van der Waals surface area (Å²) in [5.41, 5.74) is 6.64. The molecule has 3 N–H and O–H groups in total. The number of carbonyl (C=O) groups excluding carboxylic acids is 1. The molecule has 1 aromatic rings. The Labute approximate surface area is 119 Å². The third kappa shape index (κ3) is 7.08. The Morgan fingerprint density at radius 2 is 2.21 bits per heavy atom. The lowest BCUT2D eigenvalue weighted by Crippen LogP contribution is -2.35. The zero-order valence-corrected chi connectivity index (χ0v) is 12.5. The number of benzene rings is 1. The van der Waals surface area contributed by atoms with Crippen LogP contribution in [0.25, 0.3) is 0 Å². The fraction of sp³-hybridized carbons (Fsp3) is 0.500. The van der Waals surface area contributed by atoms with Gasteiger partial charge in [-0.15, -0.1) is 0 Å². The number of amides is 1. The largest absolute Gasteiger partial charge is 0.497 e. The first kappa shape index (κ1) is 15.9. The monoisotopic (exact) mass is 282 g/mol. The third-order valence-corrected chi connectivity index (χ3v) is 3.75. The van der Waals surface area contributed by atoms with Crippen molar-refractivity contribution in [1.29, 1.82) is 0 Å². The zero-order chi connectivity index (χ0) is 14.3. The predicted molar refractivity (Wildman–Crippen MR) is 80.4 cm³/mol. The molecule has 0 atom stereocenters. The second-order valence-corrected chi connectivity index (χ2v) is 6.10. The van der Waals surface area contributed by atoms with E-state index in [1.54, 1.807) is 18.9 Å². The van der Waals surface area contributed by atoms with Crippen LogP contribution in [0.3, 0.4) is 0 Å². The van der Waals surface area contributed by atoms with Crippen LogP contribution in [-0.2, 0) is 11.3 Å². The summed E-state index contributed by atoms with van der Waals surface area (Å²) in [4.78, 5) is 11.7. The van der Waals surface area contributed by atoms with Gasteiger partial charge in [-0.2, -0.15) is 11.8 Å². The zero-order valence-electron chi connectivity index (χ0n) is 11.7. The van der Waals surface area contributed by atoms with Crippen LogP contribution in [0.1, 0.15) is 19.4 Å². The molecule has 106 valence electrons. The first-order chi connectivity index (χ1) is 8.90. The van der Waals surface area contributed by atoms with E-state index in [9.17, 15) is 4.79 Å². The van der Waals surface area contributed by atoms with Gasteiger partial charge in [0.1, 0.15) is 5.75 Å². The SMILES string of the molecule is COc1cccc(CNC(=O)CSCC(C)(C)N)c1. The number of methoxy groups -OCH3 is 1. The molecule has 1 aromatic carbocycles. The highest BCUT2D eigenvalue weighted by Gasteiger charge is 2.11. The van der Waals surface area contributed by atoms with Gasteiger partial charge in [0, 0.05) is 17.8 Å². The molecule has 0 spiro atoms. The molecule has 0 saturated heterocycles. The van der Waals surface area contributed by atoms with Gasteiger partial charge in [0.05, 0.1) is 12.9 Å². The first-order valence-electron chi connectivity index (χ1n) is 6.17. The van der Waals surface area contributed by atoms with Crippen LogP contribution in [0, 0.1) is 0 Å². The number of carbonyl (C=O) groups is 1. The van der Waals surface area contributed by atoms with E-state index in [0.717, 1.165) is 17.1 Å². The second kappa shape index (κ2) is 7.40. The standard InChI is InChI=1S/C14H22N2O2S/c1-14(2,15)10-19-9-13(17)16-8-11-5-4-6-12(7-11)18-3/h4-7H,8-10,15H2,1-3H3,(H,16,17). The molecule has 0 saturated carbocycles. The summed E-state index contributed by atoms with van der Waals surface area (Å²) < 4.78 is 5.13. The van der Waals surface area contributed by atoms with Crippen molar-refractivity contribution in [3.8, 4) is 5.75 Å². The van der Waals surface area contributed by atoms with Crippen LogP contribution in [0.5, 0.6) is 5.75 Å². The Morgan fingerprint density at radius 3 is 2.84 bits per heavy atom. The maximum Gasteiger partial charge on any atom is 0.230 e. The molecule has 0 aliphatic heterocycles. The highest BCUT2D eigenvalue weighted by molar-refractivity contribution is 8.00. The second-order valence-electron chi connectivity index (χ2n) is 5.11. The minimum absolute atomic E-state index is 0.0251. The molecular formula is C14H22N2O2S. The Bertz CT molecular complexity index is 416. The Morgan fingerprint density at radius 1 is 1.47 bits per heavy atom. The maximum absolute atomic E-state index is 11.7. The van der Waals surface area contributed by atoms with Crippen LogP contribution in [0.4, 0.5) is 0 Å². The van der Waals surface area contributed by atoms with Crippen LogP contribution < -0.4 is 15.8 Å². The maximum atomic E-state index is 11.7. The highest BCUT2D eigenvalue weighted by Crippen LogP contribution is 2.12. The quantitative estimate of drug-likeness (QED) is 0.800. The molecule has 0 unspecified atom stereocenters. The van der Waals surface area contributed by atoms with E-state index in [-0.39, 0.29) is 11.4 Å². The van der Waals surface area contributed by atoms with E-state index >= 15 is 0 Å². The van der Waals surface area contributed by atoms with Crippen molar-refractivity contribution in [1.82, 2.24) is 5.32 Å². The van der Waals surface area contributed by atoms with Gasteiger partial charge in [-0.1, -0.05) is 12.1 Å². The van der Waals surface area contributed by atoms with Crippen LogP contribution >= 0.6 is 11.8 Å². The minimum atomic E-state index is -0.238. The van der Waals surface area contributed by atoms with Crippen molar-refractivity contribution in [2.45, 2.75) is 25.9 Å². The van der Waals surface area contributed by atoms with Crippen molar-refractivity contribution in [2.75, 3.05) is 18.6 Å². The number of thioether (sulfide) groups is 1. The van der Waals surface area contributed by atoms with E-state index in [4.69, 9.17) is 10.5 Å². The van der Waals surface area contributed by atoms with Crippen LogP contribution in [0.2, 0.25) is 0 Å². The highest BCUT2D eigenvalue weighted by atomic mass is 32.2. The Kier molecular flexibility index (Phi) is 6.18. The topological polar surface area (TPSA) is 64.3 Å².